The van der Waals surface area contributed by atoms with Crippen LogP contribution >= 0.6 is 12.2 Å². The van der Waals surface area contributed by atoms with Crippen LogP contribution in [0.3, 0.4) is 0 Å². The summed E-state index contributed by atoms with van der Waals surface area (Å²) in [5.41, 5.74) is 1.55. The van der Waals surface area contributed by atoms with Crippen LogP contribution in [0.15, 0.2) is 24.3 Å². The SMILES string of the molecule is CCN(CC)C(=S)Nc1cccc(C(C)=O)c1. The van der Waals surface area contributed by atoms with Gasteiger partial charge in [0.2, 0.25) is 0 Å². The van der Waals surface area contributed by atoms with Crippen LogP contribution in [0, 0.1) is 0 Å². The molecular formula is C13H18N2OS. The number of ketones is 1. The zero-order valence-electron chi connectivity index (χ0n) is 10.5. The van der Waals surface area contributed by atoms with E-state index in [4.69, 9.17) is 12.2 Å². The molecule has 0 unspecified atom stereocenters. The minimum Gasteiger partial charge on any atom is -0.350 e. The highest BCUT2D eigenvalue weighted by molar-refractivity contribution is 7.80. The van der Waals surface area contributed by atoms with Gasteiger partial charge in [-0.2, -0.15) is 0 Å². The van der Waals surface area contributed by atoms with Crippen molar-refractivity contribution in [2.45, 2.75) is 20.8 Å². The van der Waals surface area contributed by atoms with Crippen LogP contribution in [0.2, 0.25) is 0 Å². The average Bonchev–Trinajstić information content (AvgIpc) is 2.30. The highest BCUT2D eigenvalue weighted by atomic mass is 32.1. The third-order valence-corrected chi connectivity index (χ3v) is 2.93. The van der Waals surface area contributed by atoms with Crippen LogP contribution in [0.25, 0.3) is 0 Å². The van der Waals surface area contributed by atoms with Gasteiger partial charge in [-0.3, -0.25) is 4.79 Å². The number of hydrogen-bond donors (Lipinski definition) is 1. The van der Waals surface area contributed by atoms with Crippen LogP contribution in [-0.2, 0) is 0 Å². The van der Waals surface area contributed by atoms with E-state index in [-0.39, 0.29) is 5.78 Å². The summed E-state index contributed by atoms with van der Waals surface area (Å²) in [4.78, 5) is 13.3. The Morgan fingerprint density at radius 3 is 2.53 bits per heavy atom. The zero-order chi connectivity index (χ0) is 12.8. The fourth-order valence-corrected chi connectivity index (χ4v) is 1.91. The molecule has 0 fully saturated rings. The Morgan fingerprint density at radius 2 is 2.00 bits per heavy atom. The van der Waals surface area contributed by atoms with Crippen molar-refractivity contribution < 1.29 is 4.79 Å². The second kappa shape index (κ2) is 6.35. The molecule has 1 aromatic carbocycles. The van der Waals surface area contributed by atoms with Crippen LogP contribution in [0.1, 0.15) is 31.1 Å². The van der Waals surface area contributed by atoms with Gasteiger partial charge in [-0.25, -0.2) is 0 Å². The number of thiocarbonyl (C=S) groups is 1. The van der Waals surface area contributed by atoms with E-state index < -0.39 is 0 Å². The molecule has 4 heteroatoms. The maximum Gasteiger partial charge on any atom is 0.173 e. The summed E-state index contributed by atoms with van der Waals surface area (Å²) in [5, 5.41) is 3.83. The number of carbonyl (C=O) groups is 1. The largest absolute Gasteiger partial charge is 0.350 e. The van der Waals surface area contributed by atoms with Gasteiger partial charge < -0.3 is 10.2 Å². The lowest BCUT2D eigenvalue weighted by Gasteiger charge is -2.22. The van der Waals surface area contributed by atoms with E-state index >= 15 is 0 Å². The van der Waals surface area contributed by atoms with Crippen molar-refractivity contribution in [2.75, 3.05) is 18.4 Å². The van der Waals surface area contributed by atoms with E-state index in [0.717, 1.165) is 18.8 Å². The van der Waals surface area contributed by atoms with Gasteiger partial charge in [0.05, 0.1) is 0 Å². The molecule has 92 valence electrons. The van der Waals surface area contributed by atoms with Crippen molar-refractivity contribution in [3.63, 3.8) is 0 Å². The van der Waals surface area contributed by atoms with Crippen LogP contribution in [0.5, 0.6) is 0 Å². The highest BCUT2D eigenvalue weighted by Gasteiger charge is 2.06. The van der Waals surface area contributed by atoms with E-state index in [1.807, 2.05) is 18.2 Å². The Labute approximate surface area is 108 Å². The normalized spacial score (nSPS) is 9.82. The summed E-state index contributed by atoms with van der Waals surface area (Å²) in [7, 11) is 0. The van der Waals surface area contributed by atoms with Crippen molar-refractivity contribution in [1.82, 2.24) is 4.90 Å². The van der Waals surface area contributed by atoms with Crippen molar-refractivity contribution in [3.8, 4) is 0 Å². The molecule has 17 heavy (non-hydrogen) atoms. The predicted molar refractivity (Wildman–Crippen MR) is 75.6 cm³/mol. The van der Waals surface area contributed by atoms with Gasteiger partial charge in [0.15, 0.2) is 10.9 Å². The molecule has 0 amide bonds. The maximum absolute atomic E-state index is 11.3. The van der Waals surface area contributed by atoms with Gasteiger partial charge in [-0.05, 0) is 45.1 Å². The Morgan fingerprint density at radius 1 is 1.35 bits per heavy atom. The molecule has 0 aromatic heterocycles. The van der Waals surface area contributed by atoms with E-state index in [0.29, 0.717) is 10.7 Å². The smallest absolute Gasteiger partial charge is 0.173 e. The first-order chi connectivity index (χ1) is 8.08. The Bertz CT molecular complexity index is 414. The van der Waals surface area contributed by atoms with Crippen LogP contribution in [0.4, 0.5) is 5.69 Å². The standard InChI is InChI=1S/C13H18N2OS/c1-4-15(5-2)13(17)14-12-8-6-7-11(9-12)10(3)16/h6-9H,4-5H2,1-3H3,(H,14,17). The Balaban J connectivity index is 2.78. The second-order valence-corrected chi connectivity index (χ2v) is 4.13. The quantitative estimate of drug-likeness (QED) is 0.658. The molecule has 0 saturated heterocycles. The molecule has 3 nitrogen and oxygen atoms in total. The molecule has 0 radical (unpaired) electrons. The first kappa shape index (κ1) is 13.6. The molecule has 0 saturated carbocycles. The topological polar surface area (TPSA) is 32.3 Å². The molecule has 0 aliphatic heterocycles. The zero-order valence-corrected chi connectivity index (χ0v) is 11.3. The summed E-state index contributed by atoms with van der Waals surface area (Å²) >= 11 is 5.29. The summed E-state index contributed by atoms with van der Waals surface area (Å²) in [5.74, 6) is 0.0578. The number of benzene rings is 1. The molecule has 0 heterocycles. The molecule has 1 rings (SSSR count). The number of rotatable bonds is 4. The lowest BCUT2D eigenvalue weighted by atomic mass is 10.1. The number of hydrogen-bond acceptors (Lipinski definition) is 2. The Hall–Kier alpha value is -1.42. The summed E-state index contributed by atoms with van der Waals surface area (Å²) in [6.07, 6.45) is 0. The minimum absolute atomic E-state index is 0.0578. The van der Waals surface area contributed by atoms with Gasteiger partial charge in [0.1, 0.15) is 0 Å². The first-order valence-corrected chi connectivity index (χ1v) is 6.16. The predicted octanol–water partition coefficient (Wildman–Crippen LogP) is 2.93. The number of Topliss-reactive ketones (excluding diaryl/α,β-unsaturated/α-hetero) is 1. The number of nitrogens with zero attached hydrogens (tertiary/aromatic N) is 1. The first-order valence-electron chi connectivity index (χ1n) is 5.75. The van der Waals surface area contributed by atoms with Gasteiger partial charge in [-0.15, -0.1) is 0 Å². The molecule has 1 N–H and O–H groups in total. The number of carbonyl (C=O) groups excluding carboxylic acids is 1. The monoisotopic (exact) mass is 250 g/mol. The highest BCUT2D eigenvalue weighted by Crippen LogP contribution is 2.12. The van der Waals surface area contributed by atoms with Crippen LogP contribution in [-0.4, -0.2) is 28.9 Å². The molecular weight excluding hydrogens is 232 g/mol. The lowest BCUT2D eigenvalue weighted by molar-refractivity contribution is 0.101. The molecule has 0 spiro atoms. The minimum atomic E-state index is 0.0578. The number of anilines is 1. The van der Waals surface area contributed by atoms with E-state index in [2.05, 4.69) is 24.1 Å². The van der Waals surface area contributed by atoms with Gasteiger partial charge in [-0.1, -0.05) is 12.1 Å². The second-order valence-electron chi connectivity index (χ2n) is 3.74. The van der Waals surface area contributed by atoms with Gasteiger partial charge in [0, 0.05) is 24.3 Å². The fourth-order valence-electron chi connectivity index (χ4n) is 1.53. The van der Waals surface area contributed by atoms with Gasteiger partial charge >= 0.3 is 0 Å². The maximum atomic E-state index is 11.3. The van der Waals surface area contributed by atoms with E-state index in [1.165, 1.54) is 0 Å². The third kappa shape index (κ3) is 3.82. The van der Waals surface area contributed by atoms with Crippen molar-refractivity contribution in [1.29, 1.82) is 0 Å². The summed E-state index contributed by atoms with van der Waals surface area (Å²) in [6, 6.07) is 7.37. The molecule has 0 bridgehead atoms. The molecule has 0 atom stereocenters. The van der Waals surface area contributed by atoms with E-state index in [9.17, 15) is 4.79 Å². The van der Waals surface area contributed by atoms with Crippen molar-refractivity contribution in [2.24, 2.45) is 0 Å². The summed E-state index contributed by atoms with van der Waals surface area (Å²) < 4.78 is 0. The summed E-state index contributed by atoms with van der Waals surface area (Å²) in [6.45, 7) is 7.41. The molecule has 1 aromatic rings. The molecule has 0 aliphatic rings. The van der Waals surface area contributed by atoms with E-state index in [1.54, 1.807) is 13.0 Å². The molecule has 0 aliphatic carbocycles. The number of nitrogens with one attached hydrogen (secondary N) is 1. The van der Waals surface area contributed by atoms with Crippen LogP contribution < -0.4 is 5.32 Å². The average molecular weight is 250 g/mol. The van der Waals surface area contributed by atoms with Gasteiger partial charge in [0.25, 0.3) is 0 Å². The van der Waals surface area contributed by atoms with Crippen molar-refractivity contribution in [3.05, 3.63) is 29.8 Å². The van der Waals surface area contributed by atoms with Crippen molar-refractivity contribution >= 4 is 28.8 Å². The Kier molecular flexibility index (Phi) is 5.10. The third-order valence-electron chi connectivity index (χ3n) is 2.57. The lowest BCUT2D eigenvalue weighted by Crippen LogP contribution is -2.34. The fraction of sp³-hybridized carbons (Fsp3) is 0.385.